The first kappa shape index (κ1) is 12.8. The number of halogens is 2. The predicted octanol–water partition coefficient (Wildman–Crippen LogP) is 2.07. The molecule has 0 saturated carbocycles. The molecule has 5 heteroatoms. The molecule has 0 bridgehead atoms. The van der Waals surface area contributed by atoms with Crippen LogP contribution in [0.15, 0.2) is 18.2 Å². The van der Waals surface area contributed by atoms with Crippen molar-refractivity contribution in [3.8, 4) is 0 Å². The maximum atomic E-state index is 13.2. The molecule has 0 radical (unpaired) electrons. The molecule has 2 nitrogen and oxygen atoms in total. The largest absolute Gasteiger partial charge is 0.394 e. The summed E-state index contributed by atoms with van der Waals surface area (Å²) in [6, 6.07) is 4.53. The fraction of sp³-hybridized carbons (Fsp3) is 0.400. The van der Waals surface area contributed by atoms with Crippen molar-refractivity contribution in [2.45, 2.75) is 11.9 Å². The molecule has 0 saturated heterocycles. The lowest BCUT2D eigenvalue weighted by Gasteiger charge is -2.08. The Morgan fingerprint density at radius 1 is 1.47 bits per heavy atom. The van der Waals surface area contributed by atoms with E-state index in [9.17, 15) is 4.39 Å². The number of hydrogen-bond acceptors (Lipinski definition) is 3. The molecule has 15 heavy (non-hydrogen) atoms. The Balaban J connectivity index is 2.50. The van der Waals surface area contributed by atoms with Crippen LogP contribution in [0.25, 0.3) is 0 Å². The second-order valence-corrected chi connectivity index (χ2v) is 4.49. The van der Waals surface area contributed by atoms with Gasteiger partial charge in [0, 0.05) is 22.1 Å². The number of aliphatic hydroxyl groups excluding tert-OH is 2. The minimum atomic E-state index is -0.763. The molecule has 0 spiro atoms. The summed E-state index contributed by atoms with van der Waals surface area (Å²) in [5, 5.41) is 18.0. The first-order valence-corrected chi connectivity index (χ1v) is 5.98. The summed E-state index contributed by atoms with van der Waals surface area (Å²) in [7, 11) is 0. The Kier molecular flexibility index (Phi) is 5.39. The van der Waals surface area contributed by atoms with Gasteiger partial charge in [0.25, 0.3) is 0 Å². The van der Waals surface area contributed by atoms with Crippen LogP contribution < -0.4 is 0 Å². The van der Waals surface area contributed by atoms with Crippen molar-refractivity contribution in [3.05, 3.63) is 34.6 Å². The molecule has 0 fully saturated rings. The van der Waals surface area contributed by atoms with Crippen LogP contribution in [0.3, 0.4) is 0 Å². The van der Waals surface area contributed by atoms with Gasteiger partial charge >= 0.3 is 0 Å². The topological polar surface area (TPSA) is 40.5 Å². The van der Waals surface area contributed by atoms with Gasteiger partial charge in [-0.3, -0.25) is 0 Å². The van der Waals surface area contributed by atoms with Gasteiger partial charge in [0.2, 0.25) is 0 Å². The first-order valence-electron chi connectivity index (χ1n) is 4.44. The van der Waals surface area contributed by atoms with E-state index in [2.05, 4.69) is 0 Å². The summed E-state index contributed by atoms with van der Waals surface area (Å²) in [5.74, 6) is 0.414. The van der Waals surface area contributed by atoms with Crippen molar-refractivity contribution in [3.63, 3.8) is 0 Å². The van der Waals surface area contributed by atoms with Gasteiger partial charge in [0.05, 0.1) is 12.7 Å². The average Bonchev–Trinajstić information content (AvgIpc) is 2.22. The van der Waals surface area contributed by atoms with E-state index in [0.717, 1.165) is 0 Å². The molecule has 1 aromatic carbocycles. The van der Waals surface area contributed by atoms with Gasteiger partial charge < -0.3 is 10.2 Å². The zero-order chi connectivity index (χ0) is 11.3. The van der Waals surface area contributed by atoms with Gasteiger partial charge in [-0.1, -0.05) is 17.7 Å². The fourth-order valence-electron chi connectivity index (χ4n) is 1.02. The standard InChI is InChI=1S/C10H12ClFO2S/c11-9-2-1-3-10(12)8(9)6-15-5-7(14)4-13/h1-3,7,13-14H,4-6H2/t7-/m1/s1. The van der Waals surface area contributed by atoms with Crippen molar-refractivity contribution in [2.24, 2.45) is 0 Å². The predicted molar refractivity (Wildman–Crippen MR) is 60.7 cm³/mol. The number of hydrogen-bond donors (Lipinski definition) is 2. The van der Waals surface area contributed by atoms with Crippen LogP contribution in [0.4, 0.5) is 4.39 Å². The molecule has 1 atom stereocenters. The van der Waals surface area contributed by atoms with Gasteiger partial charge in [-0.05, 0) is 12.1 Å². The van der Waals surface area contributed by atoms with Gasteiger partial charge in [-0.15, -0.1) is 0 Å². The molecule has 0 aliphatic rings. The highest BCUT2D eigenvalue weighted by Crippen LogP contribution is 2.24. The van der Waals surface area contributed by atoms with E-state index in [1.807, 2.05) is 0 Å². The molecule has 0 aromatic heterocycles. The third-order valence-electron chi connectivity index (χ3n) is 1.83. The lowest BCUT2D eigenvalue weighted by atomic mass is 10.2. The SMILES string of the molecule is OC[C@@H](O)CSCc1c(F)cccc1Cl. The fourth-order valence-corrected chi connectivity index (χ4v) is 2.32. The molecular weight excluding hydrogens is 239 g/mol. The average molecular weight is 251 g/mol. The van der Waals surface area contributed by atoms with E-state index < -0.39 is 6.10 Å². The van der Waals surface area contributed by atoms with E-state index in [4.69, 9.17) is 21.8 Å². The minimum absolute atomic E-state index is 0.280. The molecule has 0 amide bonds. The Morgan fingerprint density at radius 3 is 2.80 bits per heavy atom. The Morgan fingerprint density at radius 2 is 2.20 bits per heavy atom. The summed E-state index contributed by atoms with van der Waals surface area (Å²) >= 11 is 7.15. The zero-order valence-electron chi connectivity index (χ0n) is 7.99. The molecular formula is C10H12ClFO2S. The normalized spacial score (nSPS) is 12.8. The minimum Gasteiger partial charge on any atom is -0.394 e. The van der Waals surface area contributed by atoms with Crippen LogP contribution in [0.1, 0.15) is 5.56 Å². The summed E-state index contributed by atoms with van der Waals surface area (Å²) in [4.78, 5) is 0. The molecule has 0 aliphatic heterocycles. The van der Waals surface area contributed by atoms with Gasteiger partial charge in [0.15, 0.2) is 0 Å². The van der Waals surface area contributed by atoms with E-state index in [1.165, 1.54) is 17.8 Å². The molecule has 0 heterocycles. The zero-order valence-corrected chi connectivity index (χ0v) is 9.56. The molecule has 0 unspecified atom stereocenters. The lowest BCUT2D eigenvalue weighted by molar-refractivity contribution is 0.113. The Labute approximate surface area is 97.1 Å². The van der Waals surface area contributed by atoms with Crippen LogP contribution in [0.5, 0.6) is 0 Å². The highest BCUT2D eigenvalue weighted by Gasteiger charge is 2.08. The van der Waals surface area contributed by atoms with Gasteiger partial charge in [-0.2, -0.15) is 11.8 Å². The molecule has 2 N–H and O–H groups in total. The second-order valence-electron chi connectivity index (χ2n) is 3.05. The number of thioether (sulfide) groups is 1. The Hall–Kier alpha value is -0.290. The van der Waals surface area contributed by atoms with Crippen LogP contribution in [-0.2, 0) is 5.75 Å². The van der Waals surface area contributed by atoms with Crippen LogP contribution in [-0.4, -0.2) is 28.7 Å². The summed E-state index contributed by atoms with van der Waals surface area (Å²) in [6.07, 6.45) is -0.763. The second kappa shape index (κ2) is 6.33. The lowest BCUT2D eigenvalue weighted by Crippen LogP contribution is -2.14. The van der Waals surface area contributed by atoms with Crippen molar-refractivity contribution < 1.29 is 14.6 Å². The molecule has 1 rings (SSSR count). The third kappa shape index (κ3) is 3.99. The van der Waals surface area contributed by atoms with E-state index >= 15 is 0 Å². The summed E-state index contributed by atoms with van der Waals surface area (Å²) in [6.45, 7) is -0.280. The highest BCUT2D eigenvalue weighted by atomic mass is 35.5. The van der Waals surface area contributed by atoms with Gasteiger partial charge in [0.1, 0.15) is 5.82 Å². The maximum Gasteiger partial charge on any atom is 0.128 e. The third-order valence-corrected chi connectivity index (χ3v) is 3.30. The number of rotatable bonds is 5. The first-order chi connectivity index (χ1) is 7.15. The molecule has 0 aliphatic carbocycles. The maximum absolute atomic E-state index is 13.2. The number of aliphatic hydroxyl groups is 2. The molecule has 84 valence electrons. The quantitative estimate of drug-likeness (QED) is 0.841. The van der Waals surface area contributed by atoms with Crippen LogP contribution in [0.2, 0.25) is 5.02 Å². The van der Waals surface area contributed by atoms with E-state index in [-0.39, 0.29) is 12.4 Å². The van der Waals surface area contributed by atoms with Crippen molar-refractivity contribution in [2.75, 3.05) is 12.4 Å². The van der Waals surface area contributed by atoms with Crippen molar-refractivity contribution in [1.82, 2.24) is 0 Å². The van der Waals surface area contributed by atoms with E-state index in [0.29, 0.717) is 22.1 Å². The van der Waals surface area contributed by atoms with Gasteiger partial charge in [-0.25, -0.2) is 4.39 Å². The number of benzene rings is 1. The highest BCUT2D eigenvalue weighted by molar-refractivity contribution is 7.98. The van der Waals surface area contributed by atoms with Crippen molar-refractivity contribution >= 4 is 23.4 Å². The van der Waals surface area contributed by atoms with E-state index in [1.54, 1.807) is 12.1 Å². The van der Waals surface area contributed by atoms with Crippen LogP contribution in [0, 0.1) is 5.82 Å². The van der Waals surface area contributed by atoms with Crippen LogP contribution >= 0.6 is 23.4 Å². The van der Waals surface area contributed by atoms with Crippen molar-refractivity contribution in [1.29, 1.82) is 0 Å². The Bertz CT molecular complexity index is 302. The monoisotopic (exact) mass is 250 g/mol. The summed E-state index contributed by atoms with van der Waals surface area (Å²) in [5.41, 5.74) is 0.439. The smallest absolute Gasteiger partial charge is 0.128 e. The summed E-state index contributed by atoms with van der Waals surface area (Å²) < 4.78 is 13.2. The molecule has 1 aromatic rings.